The number of rotatable bonds is 4. The highest BCUT2D eigenvalue weighted by atomic mass is 15.3. The fourth-order valence-corrected chi connectivity index (χ4v) is 3.68. The van der Waals surface area contributed by atoms with Crippen LogP contribution >= 0.6 is 0 Å². The second-order valence-electron chi connectivity index (χ2n) is 6.22. The number of hydrogen-bond donors (Lipinski definition) is 1. The fourth-order valence-electron chi connectivity index (χ4n) is 3.68. The Morgan fingerprint density at radius 3 is 2.80 bits per heavy atom. The first kappa shape index (κ1) is 14.1. The summed E-state index contributed by atoms with van der Waals surface area (Å²) in [6.45, 7) is 7.16. The molecule has 0 aromatic heterocycles. The minimum Gasteiger partial charge on any atom is -0.316 e. The molecule has 0 radical (unpaired) electrons. The lowest BCUT2D eigenvalue weighted by Crippen LogP contribution is -2.54. The van der Waals surface area contributed by atoms with Gasteiger partial charge < -0.3 is 5.32 Å². The number of nitrogens with one attached hydrogen (secondary N) is 1. The average molecular weight is 273 g/mol. The Morgan fingerprint density at radius 2 is 1.95 bits per heavy atom. The van der Waals surface area contributed by atoms with Crippen molar-refractivity contribution < 1.29 is 0 Å². The van der Waals surface area contributed by atoms with E-state index in [2.05, 4.69) is 39.4 Å². The maximum atomic E-state index is 3.28. The van der Waals surface area contributed by atoms with Gasteiger partial charge in [-0.3, -0.25) is 9.80 Å². The SMILES string of the molecule is CNCc1ccccc1CN1CCN2CCCCC2C1. The molecule has 1 unspecified atom stereocenters. The average Bonchev–Trinajstić information content (AvgIpc) is 2.49. The van der Waals surface area contributed by atoms with E-state index in [1.165, 1.54) is 56.6 Å². The van der Waals surface area contributed by atoms with Crippen LogP contribution in [0, 0.1) is 0 Å². The van der Waals surface area contributed by atoms with Crippen LogP contribution in [0.3, 0.4) is 0 Å². The van der Waals surface area contributed by atoms with E-state index in [1.807, 2.05) is 7.05 Å². The van der Waals surface area contributed by atoms with Gasteiger partial charge in [0.1, 0.15) is 0 Å². The molecule has 1 atom stereocenters. The molecule has 3 rings (SSSR count). The molecular weight excluding hydrogens is 246 g/mol. The van der Waals surface area contributed by atoms with E-state index >= 15 is 0 Å². The van der Waals surface area contributed by atoms with E-state index in [4.69, 9.17) is 0 Å². The van der Waals surface area contributed by atoms with Gasteiger partial charge in [-0.05, 0) is 37.6 Å². The summed E-state index contributed by atoms with van der Waals surface area (Å²) in [6, 6.07) is 9.68. The molecule has 1 aromatic rings. The standard InChI is InChI=1S/C17H27N3/c1-18-12-15-6-2-3-7-16(15)13-19-10-11-20-9-5-4-8-17(20)14-19/h2-3,6-7,17-18H,4-5,8-14H2,1H3. The van der Waals surface area contributed by atoms with Gasteiger partial charge in [-0.25, -0.2) is 0 Å². The van der Waals surface area contributed by atoms with Crippen molar-refractivity contribution in [1.82, 2.24) is 15.1 Å². The van der Waals surface area contributed by atoms with E-state index in [-0.39, 0.29) is 0 Å². The normalized spacial score (nSPS) is 24.6. The third-order valence-corrected chi connectivity index (χ3v) is 4.80. The van der Waals surface area contributed by atoms with E-state index < -0.39 is 0 Å². The molecule has 0 bridgehead atoms. The van der Waals surface area contributed by atoms with E-state index in [0.717, 1.165) is 19.1 Å². The van der Waals surface area contributed by atoms with Gasteiger partial charge in [-0.1, -0.05) is 30.7 Å². The minimum absolute atomic E-state index is 0.814. The van der Waals surface area contributed by atoms with E-state index in [9.17, 15) is 0 Å². The molecule has 1 aromatic carbocycles. The van der Waals surface area contributed by atoms with Crippen LogP contribution in [0.25, 0.3) is 0 Å². The van der Waals surface area contributed by atoms with Crippen molar-refractivity contribution in [2.75, 3.05) is 33.2 Å². The molecule has 110 valence electrons. The van der Waals surface area contributed by atoms with Crippen molar-refractivity contribution >= 4 is 0 Å². The summed E-state index contributed by atoms with van der Waals surface area (Å²) in [5, 5.41) is 3.28. The number of fused-ring (bicyclic) bond motifs is 1. The summed E-state index contributed by atoms with van der Waals surface area (Å²) in [7, 11) is 2.03. The smallest absolute Gasteiger partial charge is 0.0238 e. The van der Waals surface area contributed by atoms with Gasteiger partial charge in [0.05, 0.1) is 0 Å². The van der Waals surface area contributed by atoms with E-state index in [0.29, 0.717) is 0 Å². The summed E-state index contributed by atoms with van der Waals surface area (Å²) in [5.74, 6) is 0. The second kappa shape index (κ2) is 6.70. The Hall–Kier alpha value is -0.900. The number of nitrogens with zero attached hydrogens (tertiary/aromatic N) is 2. The van der Waals surface area contributed by atoms with Crippen molar-refractivity contribution in [1.29, 1.82) is 0 Å². The minimum atomic E-state index is 0.814. The zero-order chi connectivity index (χ0) is 13.8. The zero-order valence-electron chi connectivity index (χ0n) is 12.6. The van der Waals surface area contributed by atoms with Crippen LogP contribution in [0.1, 0.15) is 30.4 Å². The second-order valence-corrected chi connectivity index (χ2v) is 6.22. The van der Waals surface area contributed by atoms with Crippen molar-refractivity contribution in [2.45, 2.75) is 38.4 Å². The van der Waals surface area contributed by atoms with Gasteiger partial charge in [0.25, 0.3) is 0 Å². The first-order valence-electron chi connectivity index (χ1n) is 8.04. The van der Waals surface area contributed by atoms with Gasteiger partial charge in [-0.2, -0.15) is 0 Å². The van der Waals surface area contributed by atoms with Gasteiger partial charge in [0, 0.05) is 38.8 Å². The Morgan fingerprint density at radius 1 is 1.10 bits per heavy atom. The lowest BCUT2D eigenvalue weighted by atomic mass is 9.98. The third-order valence-electron chi connectivity index (χ3n) is 4.80. The van der Waals surface area contributed by atoms with Gasteiger partial charge in [-0.15, -0.1) is 0 Å². The molecule has 1 N–H and O–H groups in total. The van der Waals surface area contributed by atoms with Gasteiger partial charge in [0.2, 0.25) is 0 Å². The molecule has 0 saturated carbocycles. The lowest BCUT2D eigenvalue weighted by molar-refractivity contribution is 0.0455. The first-order chi connectivity index (χ1) is 9.86. The number of hydrogen-bond acceptors (Lipinski definition) is 3. The highest BCUT2D eigenvalue weighted by molar-refractivity contribution is 5.27. The molecule has 2 aliphatic heterocycles. The van der Waals surface area contributed by atoms with Crippen molar-refractivity contribution in [3.63, 3.8) is 0 Å². The molecule has 0 spiro atoms. The number of benzene rings is 1. The summed E-state index contributed by atoms with van der Waals surface area (Å²) in [4.78, 5) is 5.36. The van der Waals surface area contributed by atoms with E-state index in [1.54, 1.807) is 0 Å². The fraction of sp³-hybridized carbons (Fsp3) is 0.647. The summed E-state index contributed by atoms with van der Waals surface area (Å²) in [6.07, 6.45) is 4.22. The maximum absolute atomic E-state index is 3.28. The highest BCUT2D eigenvalue weighted by Gasteiger charge is 2.28. The van der Waals surface area contributed by atoms with Crippen molar-refractivity contribution in [2.24, 2.45) is 0 Å². The topological polar surface area (TPSA) is 18.5 Å². The summed E-state index contributed by atoms with van der Waals surface area (Å²) >= 11 is 0. The van der Waals surface area contributed by atoms with Crippen LogP contribution in [0.5, 0.6) is 0 Å². The Labute approximate surface area is 123 Å². The number of piperidine rings is 1. The summed E-state index contributed by atoms with van der Waals surface area (Å²) < 4.78 is 0. The largest absolute Gasteiger partial charge is 0.316 e. The Balaban J connectivity index is 1.63. The molecule has 0 amide bonds. The van der Waals surface area contributed by atoms with Crippen molar-refractivity contribution in [3.05, 3.63) is 35.4 Å². The van der Waals surface area contributed by atoms with Crippen LogP contribution in [0.15, 0.2) is 24.3 Å². The zero-order valence-corrected chi connectivity index (χ0v) is 12.6. The van der Waals surface area contributed by atoms with Crippen LogP contribution < -0.4 is 5.32 Å². The molecule has 2 aliphatic rings. The molecule has 3 nitrogen and oxygen atoms in total. The Kier molecular flexibility index (Phi) is 4.71. The molecule has 2 saturated heterocycles. The molecule has 0 aliphatic carbocycles. The molecular formula is C17H27N3. The maximum Gasteiger partial charge on any atom is 0.0238 e. The Bertz CT molecular complexity index is 432. The molecule has 2 fully saturated rings. The number of piperazine rings is 1. The van der Waals surface area contributed by atoms with Crippen molar-refractivity contribution in [3.8, 4) is 0 Å². The third kappa shape index (κ3) is 3.22. The predicted molar refractivity (Wildman–Crippen MR) is 83.7 cm³/mol. The van der Waals surface area contributed by atoms with Crippen LogP contribution in [0.2, 0.25) is 0 Å². The molecule has 3 heteroatoms. The lowest BCUT2D eigenvalue weighted by Gasteiger charge is -2.44. The first-order valence-corrected chi connectivity index (χ1v) is 8.04. The van der Waals surface area contributed by atoms with Gasteiger partial charge >= 0.3 is 0 Å². The highest BCUT2D eigenvalue weighted by Crippen LogP contribution is 2.22. The summed E-state index contributed by atoms with van der Waals surface area (Å²) in [5.41, 5.74) is 2.94. The molecule has 2 heterocycles. The monoisotopic (exact) mass is 273 g/mol. The van der Waals surface area contributed by atoms with Crippen LogP contribution in [-0.2, 0) is 13.1 Å². The van der Waals surface area contributed by atoms with Crippen LogP contribution in [-0.4, -0.2) is 49.1 Å². The van der Waals surface area contributed by atoms with Crippen LogP contribution in [0.4, 0.5) is 0 Å². The van der Waals surface area contributed by atoms with Gasteiger partial charge in [0.15, 0.2) is 0 Å². The quantitative estimate of drug-likeness (QED) is 0.906. The molecule has 20 heavy (non-hydrogen) atoms. The predicted octanol–water partition coefficient (Wildman–Crippen LogP) is 2.08.